The fraction of sp³-hybridized carbons (Fsp3) is 0.294. The summed E-state index contributed by atoms with van der Waals surface area (Å²) in [6, 6.07) is 14.6. The summed E-state index contributed by atoms with van der Waals surface area (Å²) in [5.41, 5.74) is 2.44. The van der Waals surface area contributed by atoms with Crippen LogP contribution in [-0.2, 0) is 6.42 Å². The summed E-state index contributed by atoms with van der Waals surface area (Å²) in [5, 5.41) is 4.23. The third-order valence-electron chi connectivity index (χ3n) is 4.05. The highest BCUT2D eigenvalue weighted by molar-refractivity contribution is 9.10. The molecule has 21 heavy (non-hydrogen) atoms. The molecule has 110 valence electrons. The molecular formula is C17H17BrClNO. The van der Waals surface area contributed by atoms with Crippen LogP contribution in [-0.4, -0.2) is 19.7 Å². The monoisotopic (exact) mass is 365 g/mol. The van der Waals surface area contributed by atoms with Crippen LogP contribution < -0.4 is 10.1 Å². The Hall–Kier alpha value is -1.03. The van der Waals surface area contributed by atoms with Gasteiger partial charge in [-0.05, 0) is 37.2 Å². The predicted molar refractivity (Wildman–Crippen MR) is 90.4 cm³/mol. The van der Waals surface area contributed by atoms with Gasteiger partial charge >= 0.3 is 0 Å². The van der Waals surface area contributed by atoms with Crippen molar-refractivity contribution < 1.29 is 4.74 Å². The molecular weight excluding hydrogens is 350 g/mol. The second-order valence-electron chi connectivity index (χ2n) is 5.29. The zero-order valence-electron chi connectivity index (χ0n) is 11.8. The molecule has 0 bridgehead atoms. The molecule has 2 aromatic rings. The molecule has 2 aromatic carbocycles. The molecule has 0 saturated heterocycles. The minimum Gasteiger partial charge on any atom is -0.493 e. The first-order valence-corrected chi connectivity index (χ1v) is 8.19. The summed E-state index contributed by atoms with van der Waals surface area (Å²) in [7, 11) is 2.00. The number of ether oxygens (including phenoxy) is 1. The number of likely N-dealkylation sites (N-methyl/N-ethyl adjacent to an activating group) is 1. The van der Waals surface area contributed by atoms with Crippen LogP contribution in [0.3, 0.4) is 0 Å². The van der Waals surface area contributed by atoms with Gasteiger partial charge in [-0.15, -0.1) is 0 Å². The van der Waals surface area contributed by atoms with Gasteiger partial charge in [0.25, 0.3) is 0 Å². The van der Waals surface area contributed by atoms with Crippen molar-refractivity contribution in [3.05, 3.63) is 63.1 Å². The normalized spacial score (nSPS) is 18.1. The van der Waals surface area contributed by atoms with E-state index in [9.17, 15) is 0 Å². The minimum atomic E-state index is 0.298. The third kappa shape index (κ3) is 3.10. The average molecular weight is 367 g/mol. The molecule has 2 nitrogen and oxygen atoms in total. The van der Waals surface area contributed by atoms with Crippen LogP contribution in [0.1, 0.15) is 17.0 Å². The second kappa shape index (κ2) is 6.39. The van der Waals surface area contributed by atoms with Crippen LogP contribution in [0.4, 0.5) is 0 Å². The zero-order chi connectivity index (χ0) is 14.8. The first-order valence-electron chi connectivity index (χ1n) is 7.02. The number of rotatable bonds is 4. The van der Waals surface area contributed by atoms with Gasteiger partial charge in [-0.25, -0.2) is 0 Å². The predicted octanol–water partition coefficient (Wildman–Crippen LogP) is 4.41. The summed E-state index contributed by atoms with van der Waals surface area (Å²) >= 11 is 9.80. The van der Waals surface area contributed by atoms with Crippen molar-refractivity contribution in [2.75, 3.05) is 13.7 Å². The molecule has 4 heteroatoms. The number of para-hydroxylation sites is 1. The van der Waals surface area contributed by atoms with Gasteiger partial charge in [-0.2, -0.15) is 0 Å². The van der Waals surface area contributed by atoms with Gasteiger partial charge in [0.1, 0.15) is 5.75 Å². The number of hydrogen-bond acceptors (Lipinski definition) is 2. The number of benzene rings is 2. The quantitative estimate of drug-likeness (QED) is 0.865. The maximum absolute atomic E-state index is 6.35. The Morgan fingerprint density at radius 2 is 2.14 bits per heavy atom. The number of halogens is 2. The Kier molecular flexibility index (Phi) is 4.53. The highest BCUT2D eigenvalue weighted by atomic mass is 79.9. The van der Waals surface area contributed by atoms with Crippen LogP contribution in [0.2, 0.25) is 5.02 Å². The maximum atomic E-state index is 6.35. The Labute approximate surface area is 138 Å². The van der Waals surface area contributed by atoms with Crippen molar-refractivity contribution in [2.24, 2.45) is 0 Å². The molecule has 0 aromatic heterocycles. The van der Waals surface area contributed by atoms with E-state index in [2.05, 4.69) is 39.4 Å². The zero-order valence-corrected chi connectivity index (χ0v) is 14.1. The van der Waals surface area contributed by atoms with E-state index in [1.54, 1.807) is 0 Å². The molecule has 2 atom stereocenters. The van der Waals surface area contributed by atoms with Crippen molar-refractivity contribution in [1.82, 2.24) is 5.32 Å². The molecule has 2 unspecified atom stereocenters. The minimum absolute atomic E-state index is 0.298. The van der Waals surface area contributed by atoms with Crippen LogP contribution in [0.25, 0.3) is 0 Å². The SMILES string of the molecule is CNC(Cc1ccc(Br)cc1Cl)C1COc2ccccc21. The molecule has 1 aliphatic heterocycles. The summed E-state index contributed by atoms with van der Waals surface area (Å²) in [5.74, 6) is 1.36. The summed E-state index contributed by atoms with van der Waals surface area (Å²) in [4.78, 5) is 0. The lowest BCUT2D eigenvalue weighted by molar-refractivity contribution is 0.302. The fourth-order valence-electron chi connectivity index (χ4n) is 2.89. The van der Waals surface area contributed by atoms with E-state index in [1.807, 2.05) is 31.3 Å². The van der Waals surface area contributed by atoms with Gasteiger partial charge < -0.3 is 10.1 Å². The van der Waals surface area contributed by atoms with Gasteiger partial charge in [0.05, 0.1) is 6.61 Å². The van der Waals surface area contributed by atoms with Crippen molar-refractivity contribution in [1.29, 1.82) is 0 Å². The smallest absolute Gasteiger partial charge is 0.122 e. The van der Waals surface area contributed by atoms with Crippen molar-refractivity contribution in [3.8, 4) is 5.75 Å². The van der Waals surface area contributed by atoms with Crippen LogP contribution in [0.5, 0.6) is 5.75 Å². The first kappa shape index (κ1) is 14.9. The Balaban J connectivity index is 1.83. The molecule has 0 radical (unpaired) electrons. The molecule has 1 aliphatic rings. The summed E-state index contributed by atoms with van der Waals surface area (Å²) in [6.45, 7) is 0.721. The van der Waals surface area contributed by atoms with Crippen LogP contribution >= 0.6 is 27.5 Å². The molecule has 1 heterocycles. The van der Waals surface area contributed by atoms with Crippen LogP contribution in [0.15, 0.2) is 46.9 Å². The van der Waals surface area contributed by atoms with E-state index in [0.29, 0.717) is 12.0 Å². The van der Waals surface area contributed by atoms with Gasteiger partial charge in [-0.1, -0.05) is 51.8 Å². The van der Waals surface area contributed by atoms with Crippen molar-refractivity contribution in [2.45, 2.75) is 18.4 Å². The lowest BCUT2D eigenvalue weighted by atomic mass is 9.89. The standard InChI is InChI=1S/C17H17BrClNO/c1-20-16(8-11-6-7-12(18)9-15(11)19)14-10-21-17-5-3-2-4-13(14)17/h2-7,9,14,16,20H,8,10H2,1H3. The largest absolute Gasteiger partial charge is 0.493 e. The summed E-state index contributed by atoms with van der Waals surface area (Å²) in [6.07, 6.45) is 0.880. The Bertz CT molecular complexity index is 646. The molecule has 0 saturated carbocycles. The lowest BCUT2D eigenvalue weighted by Gasteiger charge is -2.23. The molecule has 1 N–H and O–H groups in total. The molecule has 0 aliphatic carbocycles. The van der Waals surface area contributed by atoms with Gasteiger partial charge in [-0.3, -0.25) is 0 Å². The summed E-state index contributed by atoms with van der Waals surface area (Å²) < 4.78 is 6.81. The Morgan fingerprint density at radius 3 is 2.90 bits per heavy atom. The lowest BCUT2D eigenvalue weighted by Crippen LogP contribution is -2.35. The van der Waals surface area contributed by atoms with Gasteiger partial charge in [0, 0.05) is 27.0 Å². The van der Waals surface area contributed by atoms with Gasteiger partial charge in [0.15, 0.2) is 0 Å². The van der Waals surface area contributed by atoms with E-state index in [4.69, 9.17) is 16.3 Å². The molecule has 0 fully saturated rings. The average Bonchev–Trinajstić information content (AvgIpc) is 2.91. The van der Waals surface area contributed by atoms with E-state index < -0.39 is 0 Å². The molecule has 3 rings (SSSR count). The highest BCUT2D eigenvalue weighted by Crippen LogP contribution is 2.37. The third-order valence-corrected chi connectivity index (χ3v) is 4.89. The maximum Gasteiger partial charge on any atom is 0.122 e. The highest BCUT2D eigenvalue weighted by Gasteiger charge is 2.30. The number of hydrogen-bond donors (Lipinski definition) is 1. The van der Waals surface area contributed by atoms with E-state index in [-0.39, 0.29) is 0 Å². The topological polar surface area (TPSA) is 21.3 Å². The van der Waals surface area contributed by atoms with Crippen molar-refractivity contribution >= 4 is 27.5 Å². The van der Waals surface area contributed by atoms with Gasteiger partial charge in [0.2, 0.25) is 0 Å². The van der Waals surface area contributed by atoms with E-state index in [1.165, 1.54) is 5.56 Å². The number of fused-ring (bicyclic) bond motifs is 1. The molecule has 0 spiro atoms. The Morgan fingerprint density at radius 1 is 1.33 bits per heavy atom. The fourth-order valence-corrected chi connectivity index (χ4v) is 3.64. The van der Waals surface area contributed by atoms with E-state index in [0.717, 1.165) is 33.8 Å². The van der Waals surface area contributed by atoms with Crippen molar-refractivity contribution in [3.63, 3.8) is 0 Å². The van der Waals surface area contributed by atoms with Crippen LogP contribution in [0, 0.1) is 0 Å². The molecule has 0 amide bonds. The van der Waals surface area contributed by atoms with E-state index >= 15 is 0 Å². The first-order chi connectivity index (χ1) is 10.2. The second-order valence-corrected chi connectivity index (χ2v) is 6.61. The number of nitrogens with one attached hydrogen (secondary N) is 1.